The van der Waals surface area contributed by atoms with Crippen LogP contribution >= 0.6 is 0 Å². The first-order valence-corrected chi connectivity index (χ1v) is 6.54. The lowest BCUT2D eigenvalue weighted by molar-refractivity contribution is -0.146. The first-order valence-electron chi connectivity index (χ1n) is 6.54. The average Bonchev–Trinajstić information content (AvgIpc) is 2.40. The van der Waals surface area contributed by atoms with E-state index in [1.807, 2.05) is 0 Å². The van der Waals surface area contributed by atoms with Gasteiger partial charge in [0.1, 0.15) is 0 Å². The van der Waals surface area contributed by atoms with Gasteiger partial charge in [-0.25, -0.2) is 0 Å². The summed E-state index contributed by atoms with van der Waals surface area (Å²) < 4.78 is 9.68. The summed E-state index contributed by atoms with van der Waals surface area (Å²) in [5, 5.41) is 0. The molecule has 7 heteroatoms. The molecule has 0 aromatic heterocycles. The predicted molar refractivity (Wildman–Crippen MR) is 73.0 cm³/mol. The van der Waals surface area contributed by atoms with E-state index in [-0.39, 0.29) is 31.2 Å². The summed E-state index contributed by atoms with van der Waals surface area (Å²) in [7, 11) is 4.77. The third kappa shape index (κ3) is 7.73. The molecule has 0 N–H and O–H groups in total. The van der Waals surface area contributed by atoms with Crippen LogP contribution in [0.5, 0.6) is 0 Å². The number of nitrogens with zero attached hydrogens (tertiary/aromatic N) is 2. The van der Waals surface area contributed by atoms with E-state index in [0.29, 0.717) is 19.8 Å². The smallest absolute Gasteiger partial charge is 0.306 e. The molecule has 0 saturated carbocycles. The summed E-state index contributed by atoms with van der Waals surface area (Å²) in [5.41, 5.74) is 0. The highest BCUT2D eigenvalue weighted by atomic mass is 16.5. The molecule has 0 aliphatic rings. The van der Waals surface area contributed by atoms with Gasteiger partial charge in [-0.05, 0) is 6.92 Å². The van der Waals surface area contributed by atoms with Gasteiger partial charge in [0.25, 0.3) is 0 Å². The number of amides is 2. The van der Waals surface area contributed by atoms with Crippen molar-refractivity contribution in [2.75, 3.05) is 47.5 Å². The van der Waals surface area contributed by atoms with Gasteiger partial charge >= 0.3 is 5.97 Å². The normalized spacial score (nSPS) is 10.0. The summed E-state index contributed by atoms with van der Waals surface area (Å²) >= 11 is 0. The standard InChI is InChI=1S/C13H24N2O5/c1-5-20-13(18)7-6-11(16)15(8-9-19-4)10-12(17)14(2)3/h5-10H2,1-4H3. The maximum atomic E-state index is 12.0. The van der Waals surface area contributed by atoms with Crippen molar-refractivity contribution in [3.05, 3.63) is 0 Å². The molecule has 0 aromatic carbocycles. The monoisotopic (exact) mass is 288 g/mol. The largest absolute Gasteiger partial charge is 0.466 e. The Balaban J connectivity index is 4.40. The zero-order valence-corrected chi connectivity index (χ0v) is 12.7. The molecule has 0 aromatic rings. The molecular weight excluding hydrogens is 264 g/mol. The average molecular weight is 288 g/mol. The Bertz CT molecular complexity index is 331. The lowest BCUT2D eigenvalue weighted by Crippen LogP contribution is -2.42. The van der Waals surface area contributed by atoms with Crippen molar-refractivity contribution >= 4 is 17.8 Å². The molecule has 20 heavy (non-hydrogen) atoms. The molecule has 0 bridgehead atoms. The number of rotatable bonds is 9. The van der Waals surface area contributed by atoms with Crippen molar-refractivity contribution in [3.8, 4) is 0 Å². The Labute approximate surface area is 119 Å². The number of esters is 1. The van der Waals surface area contributed by atoms with Gasteiger partial charge in [-0.1, -0.05) is 0 Å². The van der Waals surface area contributed by atoms with Gasteiger partial charge in [0.05, 0.1) is 26.2 Å². The number of hydrogen-bond donors (Lipinski definition) is 0. The number of carbonyl (C=O) groups is 3. The van der Waals surface area contributed by atoms with E-state index < -0.39 is 5.97 Å². The molecule has 0 radical (unpaired) electrons. The van der Waals surface area contributed by atoms with Crippen molar-refractivity contribution in [2.24, 2.45) is 0 Å². The molecule has 0 heterocycles. The number of methoxy groups -OCH3 is 1. The van der Waals surface area contributed by atoms with Gasteiger partial charge in [-0.15, -0.1) is 0 Å². The van der Waals surface area contributed by atoms with Crippen LogP contribution in [0.1, 0.15) is 19.8 Å². The minimum atomic E-state index is -0.411. The SMILES string of the molecule is CCOC(=O)CCC(=O)N(CCOC)CC(=O)N(C)C. The molecule has 0 fully saturated rings. The van der Waals surface area contributed by atoms with Crippen molar-refractivity contribution < 1.29 is 23.9 Å². The van der Waals surface area contributed by atoms with E-state index in [0.717, 1.165) is 0 Å². The van der Waals surface area contributed by atoms with Crippen LogP contribution in [0.15, 0.2) is 0 Å². The molecule has 0 spiro atoms. The second-order valence-corrected chi connectivity index (χ2v) is 4.40. The molecule has 0 unspecified atom stereocenters. The summed E-state index contributed by atoms with van der Waals surface area (Å²) in [6.07, 6.45) is 0.0512. The Hall–Kier alpha value is -1.63. The molecule has 7 nitrogen and oxygen atoms in total. The predicted octanol–water partition coefficient (Wildman–Crippen LogP) is -0.107. The minimum absolute atomic E-state index is 0.0159. The van der Waals surface area contributed by atoms with E-state index in [4.69, 9.17) is 9.47 Å². The van der Waals surface area contributed by atoms with Gasteiger partial charge in [-0.3, -0.25) is 14.4 Å². The van der Waals surface area contributed by atoms with E-state index in [1.165, 1.54) is 16.9 Å². The van der Waals surface area contributed by atoms with Crippen LogP contribution in [0.3, 0.4) is 0 Å². The highest BCUT2D eigenvalue weighted by Crippen LogP contribution is 2.01. The van der Waals surface area contributed by atoms with Crippen molar-refractivity contribution in [2.45, 2.75) is 19.8 Å². The van der Waals surface area contributed by atoms with Crippen LogP contribution < -0.4 is 0 Å². The third-order valence-electron chi connectivity index (χ3n) is 2.59. The third-order valence-corrected chi connectivity index (χ3v) is 2.59. The number of carbonyl (C=O) groups excluding carboxylic acids is 3. The molecular formula is C13H24N2O5. The molecule has 0 saturated heterocycles. The second kappa shape index (κ2) is 10.2. The Morgan fingerprint density at radius 2 is 1.70 bits per heavy atom. The van der Waals surface area contributed by atoms with Crippen molar-refractivity contribution in [1.82, 2.24) is 9.80 Å². The van der Waals surface area contributed by atoms with Crippen molar-refractivity contribution in [1.29, 1.82) is 0 Å². The summed E-state index contributed by atoms with van der Waals surface area (Å²) in [6, 6.07) is 0. The zero-order valence-electron chi connectivity index (χ0n) is 12.7. The lowest BCUT2D eigenvalue weighted by Gasteiger charge is -2.23. The van der Waals surface area contributed by atoms with Gasteiger partial charge in [0, 0.05) is 34.2 Å². The van der Waals surface area contributed by atoms with Crippen LogP contribution in [0.25, 0.3) is 0 Å². The number of likely N-dealkylation sites (N-methyl/N-ethyl adjacent to an activating group) is 1. The van der Waals surface area contributed by atoms with Gasteiger partial charge < -0.3 is 19.3 Å². The fourth-order valence-corrected chi connectivity index (χ4v) is 1.40. The number of hydrogen-bond acceptors (Lipinski definition) is 5. The molecule has 0 aliphatic carbocycles. The first kappa shape index (κ1) is 18.4. The maximum Gasteiger partial charge on any atom is 0.306 e. The molecule has 2 amide bonds. The maximum absolute atomic E-state index is 12.0. The Morgan fingerprint density at radius 3 is 2.20 bits per heavy atom. The van der Waals surface area contributed by atoms with Gasteiger partial charge in [-0.2, -0.15) is 0 Å². The topological polar surface area (TPSA) is 76.1 Å². The van der Waals surface area contributed by atoms with Crippen LogP contribution in [0.2, 0.25) is 0 Å². The zero-order chi connectivity index (χ0) is 15.5. The molecule has 0 rings (SSSR count). The van der Waals surface area contributed by atoms with E-state index in [2.05, 4.69) is 0 Å². The van der Waals surface area contributed by atoms with Crippen LogP contribution in [-0.2, 0) is 23.9 Å². The number of ether oxygens (including phenoxy) is 2. The Kier molecular flexibility index (Phi) is 9.36. The molecule has 0 atom stereocenters. The minimum Gasteiger partial charge on any atom is -0.466 e. The fourth-order valence-electron chi connectivity index (χ4n) is 1.40. The van der Waals surface area contributed by atoms with Gasteiger partial charge in [0.15, 0.2) is 0 Å². The highest BCUT2D eigenvalue weighted by Gasteiger charge is 2.19. The Morgan fingerprint density at radius 1 is 1.05 bits per heavy atom. The van der Waals surface area contributed by atoms with Crippen LogP contribution in [0.4, 0.5) is 0 Å². The van der Waals surface area contributed by atoms with Crippen LogP contribution in [-0.4, -0.2) is 75.1 Å². The fraction of sp³-hybridized carbons (Fsp3) is 0.769. The highest BCUT2D eigenvalue weighted by molar-refractivity contribution is 5.86. The summed E-state index contributed by atoms with van der Waals surface area (Å²) in [4.78, 5) is 37.7. The van der Waals surface area contributed by atoms with E-state index >= 15 is 0 Å². The van der Waals surface area contributed by atoms with E-state index in [1.54, 1.807) is 21.0 Å². The summed E-state index contributed by atoms with van der Waals surface area (Å²) in [5.74, 6) is -0.845. The lowest BCUT2D eigenvalue weighted by atomic mass is 10.2. The van der Waals surface area contributed by atoms with Gasteiger partial charge in [0.2, 0.25) is 11.8 Å². The van der Waals surface area contributed by atoms with Crippen LogP contribution in [0, 0.1) is 0 Å². The second-order valence-electron chi connectivity index (χ2n) is 4.40. The first-order chi connectivity index (χ1) is 9.42. The molecule has 0 aliphatic heterocycles. The quantitative estimate of drug-likeness (QED) is 0.553. The van der Waals surface area contributed by atoms with Crippen molar-refractivity contribution in [3.63, 3.8) is 0 Å². The van der Waals surface area contributed by atoms with E-state index in [9.17, 15) is 14.4 Å². The molecule has 116 valence electrons. The summed E-state index contributed by atoms with van der Waals surface area (Å²) in [6.45, 7) is 2.64.